The lowest BCUT2D eigenvalue weighted by Gasteiger charge is -2.31. The molecule has 2 heterocycles. The van der Waals surface area contributed by atoms with E-state index in [1.165, 1.54) is 0 Å². The van der Waals surface area contributed by atoms with Crippen molar-refractivity contribution in [1.29, 1.82) is 5.26 Å². The van der Waals surface area contributed by atoms with Crippen LogP contribution >= 0.6 is 23.1 Å². The van der Waals surface area contributed by atoms with E-state index in [9.17, 15) is 4.79 Å². The summed E-state index contributed by atoms with van der Waals surface area (Å²) in [5.74, 6) is -0.510. The zero-order valence-corrected chi connectivity index (χ0v) is 10.3. The summed E-state index contributed by atoms with van der Waals surface area (Å²) in [5.41, 5.74) is 5.52. The summed E-state index contributed by atoms with van der Waals surface area (Å²) in [5, 5.41) is 9.83. The lowest BCUT2D eigenvalue weighted by atomic mass is 10.2. The molecule has 0 spiro atoms. The number of halogens is 1. The van der Waals surface area contributed by atoms with Crippen molar-refractivity contribution in [2.45, 2.75) is 6.10 Å². The minimum Gasteiger partial charge on any atom is -0.367 e. The molecule has 1 amide bonds. The normalized spacial score (nSPS) is 20.0. The van der Waals surface area contributed by atoms with Gasteiger partial charge in [-0.15, -0.1) is 0 Å². The van der Waals surface area contributed by atoms with E-state index in [0.29, 0.717) is 30.3 Å². The standard InChI is InChI=1S/C9H9ClN4O2S/c10-7-5(3-11)9(17-13-7)14-1-2-16-6(4-14)8(12)15/h6H,1-2,4H2,(H2,12,15). The number of aromatic nitrogens is 1. The van der Waals surface area contributed by atoms with E-state index in [1.807, 2.05) is 11.0 Å². The fourth-order valence-electron chi connectivity index (χ4n) is 1.58. The van der Waals surface area contributed by atoms with Crippen LogP contribution in [0.3, 0.4) is 0 Å². The first-order chi connectivity index (χ1) is 8.13. The number of nitriles is 1. The Kier molecular flexibility index (Phi) is 3.47. The van der Waals surface area contributed by atoms with Gasteiger partial charge >= 0.3 is 0 Å². The van der Waals surface area contributed by atoms with Gasteiger partial charge in [-0.25, -0.2) is 0 Å². The first-order valence-corrected chi connectivity index (χ1v) is 5.99. The fraction of sp³-hybridized carbons (Fsp3) is 0.444. The summed E-state index contributed by atoms with van der Waals surface area (Å²) in [4.78, 5) is 12.9. The van der Waals surface area contributed by atoms with Crippen LogP contribution in [0.25, 0.3) is 0 Å². The molecule has 0 saturated carbocycles. The van der Waals surface area contributed by atoms with Crippen molar-refractivity contribution in [3.05, 3.63) is 10.7 Å². The van der Waals surface area contributed by atoms with Crippen molar-refractivity contribution >= 4 is 34.0 Å². The van der Waals surface area contributed by atoms with Crippen LogP contribution in [0.15, 0.2) is 0 Å². The number of carbonyl (C=O) groups excluding carboxylic acids is 1. The number of hydrogen-bond donors (Lipinski definition) is 1. The molecule has 17 heavy (non-hydrogen) atoms. The van der Waals surface area contributed by atoms with Gasteiger partial charge in [-0.3, -0.25) is 4.79 Å². The number of anilines is 1. The monoisotopic (exact) mass is 272 g/mol. The largest absolute Gasteiger partial charge is 0.367 e. The molecule has 1 aliphatic rings. The quantitative estimate of drug-likeness (QED) is 0.839. The predicted octanol–water partition coefficient (Wildman–Crippen LogP) is 0.359. The Balaban J connectivity index is 2.22. The lowest BCUT2D eigenvalue weighted by Crippen LogP contribution is -2.48. The number of primary amides is 1. The summed E-state index contributed by atoms with van der Waals surface area (Å²) >= 11 is 6.93. The molecule has 1 aromatic heterocycles. The van der Waals surface area contributed by atoms with Crippen LogP contribution in [0.5, 0.6) is 0 Å². The minimum absolute atomic E-state index is 0.189. The van der Waals surface area contributed by atoms with Crippen molar-refractivity contribution in [3.8, 4) is 6.07 Å². The molecule has 2 N–H and O–H groups in total. The lowest BCUT2D eigenvalue weighted by molar-refractivity contribution is -0.130. The number of nitrogens with two attached hydrogens (primary N) is 1. The van der Waals surface area contributed by atoms with E-state index in [4.69, 9.17) is 27.3 Å². The van der Waals surface area contributed by atoms with Gasteiger partial charge in [0.05, 0.1) is 13.2 Å². The summed E-state index contributed by atoms with van der Waals surface area (Å²) in [6.45, 7) is 1.29. The van der Waals surface area contributed by atoms with Crippen molar-refractivity contribution in [1.82, 2.24) is 4.37 Å². The molecule has 2 rings (SSSR count). The van der Waals surface area contributed by atoms with Crippen LogP contribution in [-0.2, 0) is 9.53 Å². The van der Waals surface area contributed by atoms with E-state index in [2.05, 4.69) is 4.37 Å². The molecule has 8 heteroatoms. The van der Waals surface area contributed by atoms with Crippen molar-refractivity contribution < 1.29 is 9.53 Å². The average molecular weight is 273 g/mol. The van der Waals surface area contributed by atoms with Gasteiger partial charge in [-0.05, 0) is 11.5 Å². The smallest absolute Gasteiger partial charge is 0.248 e. The molecule has 6 nitrogen and oxygen atoms in total. The second kappa shape index (κ2) is 4.87. The minimum atomic E-state index is -0.656. The zero-order chi connectivity index (χ0) is 12.4. The SMILES string of the molecule is N#Cc1c(Cl)nsc1N1CCOC(C(N)=O)C1. The number of rotatable bonds is 2. The highest BCUT2D eigenvalue weighted by Gasteiger charge is 2.28. The Bertz CT molecular complexity index is 484. The average Bonchev–Trinajstić information content (AvgIpc) is 2.70. The van der Waals surface area contributed by atoms with Crippen LogP contribution in [0.1, 0.15) is 5.56 Å². The van der Waals surface area contributed by atoms with Crippen LogP contribution in [0.4, 0.5) is 5.00 Å². The Hall–Kier alpha value is -1.36. The number of morpholine rings is 1. The summed E-state index contributed by atoms with van der Waals surface area (Å²) in [7, 11) is 0. The van der Waals surface area contributed by atoms with Gasteiger partial charge < -0.3 is 15.4 Å². The van der Waals surface area contributed by atoms with E-state index in [1.54, 1.807) is 0 Å². The molecule has 0 radical (unpaired) electrons. The fourth-order valence-corrected chi connectivity index (χ4v) is 2.64. The van der Waals surface area contributed by atoms with E-state index < -0.39 is 12.0 Å². The topological polar surface area (TPSA) is 92.2 Å². The van der Waals surface area contributed by atoms with Crippen LogP contribution in [0, 0.1) is 11.3 Å². The molecule has 1 fully saturated rings. The predicted molar refractivity (Wildman–Crippen MR) is 63.0 cm³/mol. The first kappa shape index (κ1) is 12.1. The van der Waals surface area contributed by atoms with Crippen molar-refractivity contribution in [2.24, 2.45) is 5.73 Å². The second-order valence-electron chi connectivity index (χ2n) is 3.47. The summed E-state index contributed by atoms with van der Waals surface area (Å²) in [6, 6.07) is 2.00. The highest BCUT2D eigenvalue weighted by molar-refractivity contribution is 7.10. The van der Waals surface area contributed by atoms with Crippen LogP contribution < -0.4 is 10.6 Å². The number of carbonyl (C=O) groups is 1. The molecule has 1 atom stereocenters. The highest BCUT2D eigenvalue weighted by atomic mass is 35.5. The third-order valence-electron chi connectivity index (χ3n) is 2.42. The molecule has 0 bridgehead atoms. The van der Waals surface area contributed by atoms with Gasteiger partial charge in [0.15, 0.2) is 11.3 Å². The van der Waals surface area contributed by atoms with Crippen LogP contribution in [-0.4, -0.2) is 36.1 Å². The van der Waals surface area contributed by atoms with Gasteiger partial charge in [-0.1, -0.05) is 11.6 Å². The maximum absolute atomic E-state index is 11.1. The Morgan fingerprint density at radius 1 is 1.76 bits per heavy atom. The summed E-state index contributed by atoms with van der Waals surface area (Å²) < 4.78 is 9.14. The molecule has 0 aromatic carbocycles. The third-order valence-corrected chi connectivity index (χ3v) is 3.70. The summed E-state index contributed by atoms with van der Waals surface area (Å²) in [6.07, 6.45) is -0.656. The van der Waals surface area contributed by atoms with E-state index >= 15 is 0 Å². The molecule has 90 valence electrons. The Labute approximate surface area is 107 Å². The highest BCUT2D eigenvalue weighted by Crippen LogP contribution is 2.32. The Morgan fingerprint density at radius 3 is 3.18 bits per heavy atom. The maximum Gasteiger partial charge on any atom is 0.248 e. The molecule has 1 aromatic rings. The van der Waals surface area contributed by atoms with Gasteiger partial charge in [-0.2, -0.15) is 9.64 Å². The van der Waals surface area contributed by atoms with Crippen molar-refractivity contribution in [3.63, 3.8) is 0 Å². The zero-order valence-electron chi connectivity index (χ0n) is 8.72. The van der Waals surface area contributed by atoms with Crippen molar-refractivity contribution in [2.75, 3.05) is 24.6 Å². The van der Waals surface area contributed by atoms with E-state index in [-0.39, 0.29) is 5.15 Å². The number of hydrogen-bond acceptors (Lipinski definition) is 6. The van der Waals surface area contributed by atoms with Gasteiger partial charge in [0.2, 0.25) is 5.91 Å². The van der Waals surface area contributed by atoms with Gasteiger partial charge in [0.25, 0.3) is 0 Å². The van der Waals surface area contributed by atoms with Gasteiger partial charge in [0.1, 0.15) is 16.6 Å². The van der Waals surface area contributed by atoms with Crippen LogP contribution in [0.2, 0.25) is 5.15 Å². The van der Waals surface area contributed by atoms with Gasteiger partial charge in [0, 0.05) is 6.54 Å². The van der Waals surface area contributed by atoms with E-state index in [0.717, 1.165) is 11.5 Å². The third kappa shape index (κ3) is 2.34. The molecule has 0 aliphatic carbocycles. The maximum atomic E-state index is 11.1. The molecule has 1 aliphatic heterocycles. The first-order valence-electron chi connectivity index (χ1n) is 4.84. The molecular weight excluding hydrogens is 264 g/mol. The number of amides is 1. The second-order valence-corrected chi connectivity index (χ2v) is 4.58. The molecule has 1 saturated heterocycles. The number of nitrogens with zero attached hydrogens (tertiary/aromatic N) is 3. The Morgan fingerprint density at radius 2 is 2.53 bits per heavy atom. The molecule has 1 unspecified atom stereocenters. The number of ether oxygens (including phenoxy) is 1. The molecular formula is C9H9ClN4O2S.